The number of aliphatic carboxylic acids is 1. The summed E-state index contributed by atoms with van der Waals surface area (Å²) in [4.78, 5) is 14.9. The lowest BCUT2D eigenvalue weighted by molar-refractivity contribution is -0.137. The van der Waals surface area contributed by atoms with E-state index in [1.54, 1.807) is 10.9 Å². The van der Waals surface area contributed by atoms with E-state index < -0.39 is 10.0 Å². The molecule has 1 atom stereocenters. The van der Waals surface area contributed by atoms with E-state index in [2.05, 4.69) is 4.98 Å². The van der Waals surface area contributed by atoms with Crippen LogP contribution in [0.1, 0.15) is 4.05 Å². The average Bonchev–Trinajstić information content (AvgIpc) is 2.60. The van der Waals surface area contributed by atoms with Gasteiger partial charge in [0, 0.05) is 0 Å². The zero-order valence-electron chi connectivity index (χ0n) is 7.09. The topological polar surface area (TPSA) is 55.1 Å². The molecule has 0 aliphatic rings. The van der Waals surface area contributed by atoms with E-state index in [0.717, 1.165) is 11.0 Å². The van der Waals surface area contributed by atoms with Gasteiger partial charge in [-0.1, -0.05) is 12.1 Å². The lowest BCUT2D eigenvalue weighted by Crippen LogP contribution is -2.11. The summed E-state index contributed by atoms with van der Waals surface area (Å²) in [6, 6.07) is 7.46. The number of rotatable bonds is 2. The Balaban J connectivity index is 2.58. The van der Waals surface area contributed by atoms with Crippen molar-refractivity contribution in [3.05, 3.63) is 30.6 Å². The van der Waals surface area contributed by atoms with Crippen LogP contribution in [-0.4, -0.2) is 20.6 Å². The maximum Gasteiger partial charge on any atom is 0.337 e. The highest BCUT2D eigenvalue weighted by Gasteiger charge is 2.16. The van der Waals surface area contributed by atoms with Crippen LogP contribution in [0.25, 0.3) is 11.0 Å². The number of hydrogen-bond acceptors (Lipinski definition) is 2. The van der Waals surface area contributed by atoms with Crippen LogP contribution in [0.15, 0.2) is 30.6 Å². The van der Waals surface area contributed by atoms with Crippen molar-refractivity contribution in [3.63, 3.8) is 0 Å². The number of fused-ring (bicyclic) bond motifs is 1. The zero-order valence-corrected chi connectivity index (χ0v) is 9.25. The summed E-state index contributed by atoms with van der Waals surface area (Å²) in [5.74, 6) is -0.867. The van der Waals surface area contributed by atoms with Gasteiger partial charge in [0.1, 0.15) is 0 Å². The molecule has 4 nitrogen and oxygen atoms in total. The molecule has 0 aliphatic carbocycles. The molecule has 5 heteroatoms. The molecule has 14 heavy (non-hydrogen) atoms. The molecule has 0 spiro atoms. The van der Waals surface area contributed by atoms with Gasteiger partial charge in [0.15, 0.2) is 4.05 Å². The first-order valence-corrected chi connectivity index (χ1v) is 5.23. The molecule has 0 aliphatic heterocycles. The molecule has 0 bridgehead atoms. The van der Waals surface area contributed by atoms with E-state index >= 15 is 0 Å². The van der Waals surface area contributed by atoms with Crippen LogP contribution in [0.2, 0.25) is 0 Å². The Morgan fingerprint density at radius 1 is 1.50 bits per heavy atom. The van der Waals surface area contributed by atoms with Gasteiger partial charge in [-0.2, -0.15) is 0 Å². The molecular weight excluding hydrogens is 295 g/mol. The molecular formula is C9H7IN2O2. The largest absolute Gasteiger partial charge is 0.479 e. The molecule has 2 rings (SSSR count). The zero-order chi connectivity index (χ0) is 10.1. The summed E-state index contributed by atoms with van der Waals surface area (Å²) in [7, 11) is 0. The number of benzene rings is 1. The van der Waals surface area contributed by atoms with Crippen LogP contribution in [0, 0.1) is 0 Å². The van der Waals surface area contributed by atoms with Gasteiger partial charge < -0.3 is 9.67 Å². The van der Waals surface area contributed by atoms with Gasteiger partial charge in [0.25, 0.3) is 0 Å². The van der Waals surface area contributed by atoms with Crippen molar-refractivity contribution in [2.24, 2.45) is 0 Å². The number of carbonyl (C=O) groups is 1. The number of halogens is 1. The standard InChI is InChI=1S/C9H7IN2O2/c10-8(9(13)14)12-5-11-6-3-1-2-4-7(6)12/h1-5,8H,(H,13,14). The van der Waals surface area contributed by atoms with Gasteiger partial charge in [-0.3, -0.25) is 0 Å². The fourth-order valence-electron chi connectivity index (χ4n) is 1.28. The van der Waals surface area contributed by atoms with Crippen molar-refractivity contribution in [3.8, 4) is 0 Å². The molecule has 1 aromatic heterocycles. The first-order chi connectivity index (χ1) is 6.70. The highest BCUT2D eigenvalue weighted by atomic mass is 127. The Labute approximate surface area is 93.7 Å². The second kappa shape index (κ2) is 3.56. The summed E-state index contributed by atoms with van der Waals surface area (Å²) in [5, 5.41) is 8.86. The minimum atomic E-state index is -0.867. The Morgan fingerprint density at radius 3 is 2.93 bits per heavy atom. The van der Waals surface area contributed by atoms with E-state index in [1.165, 1.54) is 0 Å². The van der Waals surface area contributed by atoms with Crippen molar-refractivity contribution in [2.45, 2.75) is 4.05 Å². The van der Waals surface area contributed by atoms with Crippen molar-refractivity contribution < 1.29 is 9.90 Å². The molecule has 0 saturated heterocycles. The molecule has 0 radical (unpaired) electrons. The number of aromatic nitrogens is 2. The summed E-state index contributed by atoms with van der Waals surface area (Å²) < 4.78 is 1.03. The highest BCUT2D eigenvalue weighted by molar-refractivity contribution is 14.1. The molecule has 1 unspecified atom stereocenters. The summed E-state index contributed by atoms with van der Waals surface area (Å²) in [5.41, 5.74) is 1.66. The van der Waals surface area contributed by atoms with Gasteiger partial charge in [0.05, 0.1) is 17.4 Å². The van der Waals surface area contributed by atoms with Gasteiger partial charge >= 0.3 is 5.97 Å². The van der Waals surface area contributed by atoms with Crippen molar-refractivity contribution in [1.29, 1.82) is 0 Å². The molecule has 0 fully saturated rings. The lowest BCUT2D eigenvalue weighted by Gasteiger charge is -2.06. The smallest absolute Gasteiger partial charge is 0.337 e. The number of alkyl halides is 1. The Bertz CT molecular complexity index is 480. The Hall–Kier alpha value is -1.11. The van der Waals surface area contributed by atoms with E-state index in [-0.39, 0.29) is 0 Å². The number of nitrogens with zero attached hydrogens (tertiary/aromatic N) is 2. The van der Waals surface area contributed by atoms with Gasteiger partial charge in [-0.15, -0.1) is 0 Å². The Kier molecular flexibility index (Phi) is 2.40. The summed E-state index contributed by atoms with van der Waals surface area (Å²) in [6.45, 7) is 0. The fourth-order valence-corrected chi connectivity index (χ4v) is 1.72. The molecule has 1 heterocycles. The van der Waals surface area contributed by atoms with Gasteiger partial charge in [0.2, 0.25) is 0 Å². The number of carboxylic acid groups (broad SMARTS) is 1. The molecule has 1 aromatic carbocycles. The SMILES string of the molecule is O=C(O)C(I)n1cnc2ccccc21. The van der Waals surface area contributed by atoms with Crippen LogP contribution in [0.5, 0.6) is 0 Å². The highest BCUT2D eigenvalue weighted by Crippen LogP contribution is 2.22. The van der Waals surface area contributed by atoms with Gasteiger partial charge in [-0.05, 0) is 34.7 Å². The molecule has 0 saturated carbocycles. The van der Waals surface area contributed by atoms with E-state index in [1.807, 2.05) is 46.9 Å². The number of hydrogen-bond donors (Lipinski definition) is 1. The maximum absolute atomic E-state index is 10.8. The van der Waals surface area contributed by atoms with Gasteiger partial charge in [-0.25, -0.2) is 9.78 Å². The predicted molar refractivity (Wildman–Crippen MR) is 60.4 cm³/mol. The molecule has 1 N–H and O–H groups in total. The third kappa shape index (κ3) is 1.47. The second-order valence-electron chi connectivity index (χ2n) is 2.81. The Morgan fingerprint density at radius 2 is 2.21 bits per heavy atom. The molecule has 72 valence electrons. The van der Waals surface area contributed by atoms with E-state index in [4.69, 9.17) is 5.11 Å². The van der Waals surface area contributed by atoms with Crippen LogP contribution >= 0.6 is 22.6 Å². The van der Waals surface area contributed by atoms with Crippen LogP contribution in [0.4, 0.5) is 0 Å². The monoisotopic (exact) mass is 302 g/mol. The fraction of sp³-hybridized carbons (Fsp3) is 0.111. The first kappa shape index (κ1) is 9.45. The predicted octanol–water partition coefficient (Wildman–Crippen LogP) is 2.05. The van der Waals surface area contributed by atoms with Crippen molar-refractivity contribution in [2.75, 3.05) is 0 Å². The first-order valence-electron chi connectivity index (χ1n) is 3.98. The third-order valence-electron chi connectivity index (χ3n) is 1.93. The second-order valence-corrected chi connectivity index (χ2v) is 3.99. The molecule has 0 amide bonds. The van der Waals surface area contributed by atoms with Crippen molar-refractivity contribution >= 4 is 39.6 Å². The molecule has 2 aromatic rings. The maximum atomic E-state index is 10.8. The quantitative estimate of drug-likeness (QED) is 0.682. The minimum Gasteiger partial charge on any atom is -0.479 e. The van der Waals surface area contributed by atoms with E-state index in [0.29, 0.717) is 0 Å². The van der Waals surface area contributed by atoms with Crippen LogP contribution in [-0.2, 0) is 4.79 Å². The summed E-state index contributed by atoms with van der Waals surface area (Å²) in [6.07, 6.45) is 1.55. The van der Waals surface area contributed by atoms with Crippen molar-refractivity contribution in [1.82, 2.24) is 9.55 Å². The summed E-state index contributed by atoms with van der Waals surface area (Å²) >= 11 is 1.87. The minimum absolute atomic E-state index is 0.611. The normalized spacial score (nSPS) is 12.9. The lowest BCUT2D eigenvalue weighted by atomic mass is 10.3. The van der Waals surface area contributed by atoms with E-state index in [9.17, 15) is 4.79 Å². The third-order valence-corrected chi connectivity index (χ3v) is 3.06. The van der Waals surface area contributed by atoms with Crippen LogP contribution < -0.4 is 0 Å². The van der Waals surface area contributed by atoms with Crippen LogP contribution in [0.3, 0.4) is 0 Å². The number of imidazole rings is 1. The number of carboxylic acids is 1. The average molecular weight is 302 g/mol. The number of para-hydroxylation sites is 2.